The Hall–Kier alpha value is -2.39. The fourth-order valence-corrected chi connectivity index (χ4v) is 4.88. The number of aromatic nitrogens is 2. The van der Waals surface area contributed by atoms with Gasteiger partial charge in [-0.2, -0.15) is 4.31 Å². The van der Waals surface area contributed by atoms with Gasteiger partial charge in [-0.05, 0) is 38.0 Å². The lowest BCUT2D eigenvalue weighted by Gasteiger charge is -2.36. The standard InChI is InChI=1S/C17H22N4O4S/c1-11-4-5-12(2)14(10-11)20-6-8-21(9-7-20)26(24,25)15-13(3)18-17(23)19-16(15)22/h4-5,10H,6-9H2,1-3H3,(H2,18,19,22,23). The van der Waals surface area contributed by atoms with Crippen LogP contribution in [-0.4, -0.2) is 48.9 Å². The molecule has 0 aliphatic carbocycles. The van der Waals surface area contributed by atoms with Gasteiger partial charge >= 0.3 is 5.69 Å². The Kier molecular flexibility index (Phi) is 4.76. The van der Waals surface area contributed by atoms with Crippen LogP contribution in [0.5, 0.6) is 0 Å². The Labute approximate surface area is 151 Å². The molecule has 1 aliphatic heterocycles. The summed E-state index contributed by atoms with van der Waals surface area (Å²) in [4.78, 5) is 29.4. The second-order valence-corrected chi connectivity index (χ2v) is 8.42. The van der Waals surface area contributed by atoms with E-state index in [-0.39, 0.29) is 18.8 Å². The van der Waals surface area contributed by atoms with E-state index in [9.17, 15) is 18.0 Å². The van der Waals surface area contributed by atoms with Crippen molar-refractivity contribution in [1.82, 2.24) is 14.3 Å². The lowest BCUT2D eigenvalue weighted by atomic mass is 10.1. The van der Waals surface area contributed by atoms with Crippen molar-refractivity contribution in [2.45, 2.75) is 25.7 Å². The zero-order valence-electron chi connectivity index (χ0n) is 15.0. The molecule has 0 spiro atoms. The van der Waals surface area contributed by atoms with Crippen molar-refractivity contribution in [2.75, 3.05) is 31.1 Å². The summed E-state index contributed by atoms with van der Waals surface area (Å²) in [5.74, 6) is 0. The highest BCUT2D eigenvalue weighted by Crippen LogP contribution is 2.24. The Morgan fingerprint density at radius 2 is 1.62 bits per heavy atom. The summed E-state index contributed by atoms with van der Waals surface area (Å²) in [6.07, 6.45) is 0. The Morgan fingerprint density at radius 3 is 2.23 bits per heavy atom. The number of nitrogens with zero attached hydrogens (tertiary/aromatic N) is 2. The minimum Gasteiger partial charge on any atom is -0.369 e. The highest BCUT2D eigenvalue weighted by atomic mass is 32.2. The number of benzene rings is 1. The molecule has 2 heterocycles. The van der Waals surface area contributed by atoms with E-state index in [0.717, 1.165) is 16.8 Å². The predicted octanol–water partition coefficient (Wildman–Crippen LogP) is 0.499. The van der Waals surface area contributed by atoms with Crippen LogP contribution in [0.4, 0.5) is 5.69 Å². The summed E-state index contributed by atoms with van der Waals surface area (Å²) in [6, 6.07) is 6.19. The first kappa shape index (κ1) is 18.4. The molecule has 0 radical (unpaired) electrons. The quantitative estimate of drug-likeness (QED) is 0.809. The minimum absolute atomic E-state index is 0.0516. The van der Waals surface area contributed by atoms with E-state index in [1.54, 1.807) is 0 Å². The van der Waals surface area contributed by atoms with E-state index in [1.165, 1.54) is 11.2 Å². The van der Waals surface area contributed by atoms with Crippen LogP contribution >= 0.6 is 0 Å². The second-order valence-electron chi connectivity index (χ2n) is 6.54. The van der Waals surface area contributed by atoms with Gasteiger partial charge in [0.25, 0.3) is 5.56 Å². The summed E-state index contributed by atoms with van der Waals surface area (Å²) in [5.41, 5.74) is 1.83. The number of piperazine rings is 1. The topological polar surface area (TPSA) is 106 Å². The van der Waals surface area contributed by atoms with E-state index < -0.39 is 26.2 Å². The van der Waals surface area contributed by atoms with Crippen LogP contribution in [0, 0.1) is 20.8 Å². The number of aromatic amines is 2. The first-order valence-electron chi connectivity index (χ1n) is 8.35. The molecule has 1 aliphatic rings. The second kappa shape index (κ2) is 6.73. The van der Waals surface area contributed by atoms with Crippen molar-refractivity contribution in [3.05, 3.63) is 55.9 Å². The first-order chi connectivity index (χ1) is 12.2. The Bertz CT molecular complexity index is 1050. The van der Waals surface area contributed by atoms with Gasteiger partial charge in [-0.25, -0.2) is 13.2 Å². The number of hydrogen-bond acceptors (Lipinski definition) is 5. The lowest BCUT2D eigenvalue weighted by Crippen LogP contribution is -2.50. The summed E-state index contributed by atoms with van der Waals surface area (Å²) in [6.45, 7) is 7.07. The molecule has 9 heteroatoms. The molecular formula is C17H22N4O4S. The van der Waals surface area contributed by atoms with Gasteiger partial charge in [0.15, 0.2) is 4.90 Å². The van der Waals surface area contributed by atoms with Gasteiger partial charge < -0.3 is 9.88 Å². The molecule has 1 fully saturated rings. The number of aryl methyl sites for hydroxylation is 3. The fraction of sp³-hybridized carbons (Fsp3) is 0.412. The minimum atomic E-state index is -3.97. The van der Waals surface area contributed by atoms with Gasteiger partial charge in [-0.15, -0.1) is 0 Å². The Balaban J connectivity index is 1.85. The molecule has 0 atom stereocenters. The molecule has 1 saturated heterocycles. The maximum atomic E-state index is 12.9. The molecule has 2 aromatic rings. The summed E-state index contributed by atoms with van der Waals surface area (Å²) in [5, 5.41) is 0. The van der Waals surface area contributed by atoms with Crippen LogP contribution in [0.2, 0.25) is 0 Å². The highest BCUT2D eigenvalue weighted by Gasteiger charge is 2.32. The van der Waals surface area contributed by atoms with Crippen molar-refractivity contribution in [3.8, 4) is 0 Å². The van der Waals surface area contributed by atoms with Crippen LogP contribution in [0.15, 0.2) is 32.7 Å². The van der Waals surface area contributed by atoms with Gasteiger partial charge in [-0.1, -0.05) is 12.1 Å². The molecule has 0 amide bonds. The van der Waals surface area contributed by atoms with Crippen LogP contribution in [0.25, 0.3) is 0 Å². The predicted molar refractivity (Wildman–Crippen MR) is 99.3 cm³/mol. The smallest absolute Gasteiger partial charge is 0.325 e. The molecule has 0 saturated carbocycles. The van der Waals surface area contributed by atoms with Crippen LogP contribution in [0.1, 0.15) is 16.8 Å². The summed E-state index contributed by atoms with van der Waals surface area (Å²) >= 11 is 0. The van der Waals surface area contributed by atoms with Crippen molar-refractivity contribution in [1.29, 1.82) is 0 Å². The molecule has 1 aromatic carbocycles. The number of anilines is 1. The van der Waals surface area contributed by atoms with E-state index in [2.05, 4.69) is 22.0 Å². The lowest BCUT2D eigenvalue weighted by molar-refractivity contribution is 0.383. The molecule has 140 valence electrons. The van der Waals surface area contributed by atoms with Crippen molar-refractivity contribution < 1.29 is 8.42 Å². The van der Waals surface area contributed by atoms with E-state index >= 15 is 0 Å². The van der Waals surface area contributed by atoms with Gasteiger partial charge in [-0.3, -0.25) is 9.78 Å². The third-order valence-corrected chi connectivity index (χ3v) is 6.67. The van der Waals surface area contributed by atoms with Gasteiger partial charge in [0, 0.05) is 37.6 Å². The van der Waals surface area contributed by atoms with E-state index in [1.807, 2.05) is 24.9 Å². The SMILES string of the molecule is Cc1ccc(C)c(N2CCN(S(=O)(=O)c3c(C)[nH]c(=O)[nH]c3=O)CC2)c1. The number of hydrogen-bond donors (Lipinski definition) is 2. The molecule has 26 heavy (non-hydrogen) atoms. The molecule has 8 nitrogen and oxygen atoms in total. The maximum Gasteiger partial charge on any atom is 0.325 e. The van der Waals surface area contributed by atoms with E-state index in [0.29, 0.717) is 13.1 Å². The maximum absolute atomic E-state index is 12.9. The normalized spacial score (nSPS) is 16.0. The van der Waals surface area contributed by atoms with Crippen molar-refractivity contribution in [3.63, 3.8) is 0 Å². The first-order valence-corrected chi connectivity index (χ1v) is 9.79. The van der Waals surface area contributed by atoms with Gasteiger partial charge in [0.2, 0.25) is 10.0 Å². The van der Waals surface area contributed by atoms with Crippen LogP contribution in [0.3, 0.4) is 0 Å². The molecule has 0 unspecified atom stereocenters. The van der Waals surface area contributed by atoms with Gasteiger partial charge in [0.1, 0.15) is 0 Å². The number of sulfonamides is 1. The molecule has 0 bridgehead atoms. The zero-order valence-corrected chi connectivity index (χ0v) is 15.8. The highest BCUT2D eigenvalue weighted by molar-refractivity contribution is 7.89. The third kappa shape index (κ3) is 3.32. The fourth-order valence-electron chi connectivity index (χ4n) is 3.26. The van der Waals surface area contributed by atoms with Crippen molar-refractivity contribution >= 4 is 15.7 Å². The number of nitrogens with one attached hydrogen (secondary N) is 2. The van der Waals surface area contributed by atoms with Crippen LogP contribution in [-0.2, 0) is 10.0 Å². The molecule has 1 aromatic heterocycles. The third-order valence-electron chi connectivity index (χ3n) is 4.62. The molecular weight excluding hydrogens is 356 g/mol. The average Bonchev–Trinajstić information content (AvgIpc) is 2.56. The number of H-pyrrole nitrogens is 2. The van der Waals surface area contributed by atoms with E-state index in [4.69, 9.17) is 0 Å². The Morgan fingerprint density at radius 1 is 0.962 bits per heavy atom. The van der Waals surface area contributed by atoms with Crippen molar-refractivity contribution in [2.24, 2.45) is 0 Å². The van der Waals surface area contributed by atoms with Gasteiger partial charge in [0.05, 0.1) is 0 Å². The largest absolute Gasteiger partial charge is 0.369 e. The zero-order chi connectivity index (χ0) is 19.1. The van der Waals surface area contributed by atoms with Crippen LogP contribution < -0.4 is 16.1 Å². The molecule has 3 rings (SSSR count). The monoisotopic (exact) mass is 378 g/mol. The average molecular weight is 378 g/mol. The molecule has 2 N–H and O–H groups in total. The summed E-state index contributed by atoms with van der Waals surface area (Å²) in [7, 11) is -3.97. The number of rotatable bonds is 3. The summed E-state index contributed by atoms with van der Waals surface area (Å²) < 4.78 is 27.0.